The minimum atomic E-state index is 0.202. The molecule has 1 aliphatic rings. The summed E-state index contributed by atoms with van der Waals surface area (Å²) in [6.45, 7) is 4.17. The average Bonchev–Trinajstić information content (AvgIpc) is 3.02. The Morgan fingerprint density at radius 1 is 1.47 bits per heavy atom. The fraction of sp³-hybridized carbons (Fsp3) is 0.467. The van der Waals surface area contributed by atoms with Gasteiger partial charge in [0.15, 0.2) is 5.78 Å². The number of carbonyl (C=O) groups is 1. The predicted octanol–water partition coefficient (Wildman–Crippen LogP) is 3.44. The summed E-state index contributed by atoms with van der Waals surface area (Å²) < 4.78 is 1.90. The Morgan fingerprint density at radius 3 is 3.00 bits per heavy atom. The zero-order valence-electron chi connectivity index (χ0n) is 11.3. The summed E-state index contributed by atoms with van der Waals surface area (Å²) >= 11 is 1.68. The summed E-state index contributed by atoms with van der Waals surface area (Å²) in [6, 6.07) is 4.38. The van der Waals surface area contributed by atoms with Crippen LogP contribution in [0.2, 0.25) is 0 Å². The number of fused-ring (bicyclic) bond motifs is 1. The van der Waals surface area contributed by atoms with Gasteiger partial charge in [0, 0.05) is 17.1 Å². The minimum absolute atomic E-state index is 0.202. The maximum Gasteiger partial charge on any atom is 0.178 e. The highest BCUT2D eigenvalue weighted by Crippen LogP contribution is 2.31. The van der Waals surface area contributed by atoms with Crippen molar-refractivity contribution in [3.05, 3.63) is 39.3 Å². The minimum Gasteiger partial charge on any atom is -0.293 e. The number of aromatic nitrogens is 2. The summed E-state index contributed by atoms with van der Waals surface area (Å²) in [5.74, 6) is 0.202. The Morgan fingerprint density at radius 2 is 2.32 bits per heavy atom. The van der Waals surface area contributed by atoms with Crippen LogP contribution in [0.4, 0.5) is 0 Å². The van der Waals surface area contributed by atoms with Crippen LogP contribution in [-0.4, -0.2) is 15.6 Å². The zero-order chi connectivity index (χ0) is 13.4. The lowest BCUT2D eigenvalue weighted by Crippen LogP contribution is -2.05. The van der Waals surface area contributed by atoms with E-state index in [4.69, 9.17) is 0 Å². The Kier molecular flexibility index (Phi) is 3.27. The standard InChI is InChI=1S/C15H18N2OS/c1-10(2)17-7-6-12(16-17)9-13(18)15-8-11-4-3-5-14(11)19-15/h6-8,10H,3-5,9H2,1-2H3. The average molecular weight is 274 g/mol. The normalized spacial score (nSPS) is 14.1. The molecule has 1 aliphatic carbocycles. The van der Waals surface area contributed by atoms with E-state index < -0.39 is 0 Å². The van der Waals surface area contributed by atoms with Crippen molar-refractivity contribution in [3.63, 3.8) is 0 Å². The van der Waals surface area contributed by atoms with Gasteiger partial charge in [-0.2, -0.15) is 5.10 Å². The molecule has 3 nitrogen and oxygen atoms in total. The largest absolute Gasteiger partial charge is 0.293 e. The monoisotopic (exact) mass is 274 g/mol. The molecule has 2 aromatic rings. The highest BCUT2D eigenvalue weighted by molar-refractivity contribution is 7.14. The second-order valence-electron chi connectivity index (χ2n) is 5.39. The summed E-state index contributed by atoms with van der Waals surface area (Å²) in [6.07, 6.45) is 5.89. The third-order valence-electron chi connectivity index (χ3n) is 3.56. The number of Topliss-reactive ketones (excluding diaryl/α,β-unsaturated/α-hetero) is 1. The molecule has 0 amide bonds. The molecule has 0 saturated heterocycles. The van der Waals surface area contributed by atoms with E-state index in [1.54, 1.807) is 11.3 Å². The lowest BCUT2D eigenvalue weighted by Gasteiger charge is -2.03. The lowest BCUT2D eigenvalue weighted by atomic mass is 10.1. The Hall–Kier alpha value is -1.42. The molecule has 100 valence electrons. The van der Waals surface area contributed by atoms with Gasteiger partial charge in [0.2, 0.25) is 0 Å². The first kappa shape index (κ1) is 12.6. The van der Waals surface area contributed by atoms with Crippen molar-refractivity contribution in [2.75, 3.05) is 0 Å². The number of thiophene rings is 1. The predicted molar refractivity (Wildman–Crippen MR) is 77.0 cm³/mol. The Balaban J connectivity index is 1.73. The van der Waals surface area contributed by atoms with Crippen LogP contribution >= 0.6 is 11.3 Å². The quantitative estimate of drug-likeness (QED) is 0.800. The van der Waals surface area contributed by atoms with Crippen LogP contribution in [0.1, 0.15) is 52.1 Å². The highest BCUT2D eigenvalue weighted by atomic mass is 32.1. The van der Waals surface area contributed by atoms with Crippen molar-refractivity contribution in [1.29, 1.82) is 0 Å². The zero-order valence-corrected chi connectivity index (χ0v) is 12.2. The molecule has 0 N–H and O–H groups in total. The Bertz CT molecular complexity index is 588. The van der Waals surface area contributed by atoms with E-state index >= 15 is 0 Å². The van der Waals surface area contributed by atoms with E-state index in [1.165, 1.54) is 16.9 Å². The summed E-state index contributed by atoms with van der Waals surface area (Å²) in [5.41, 5.74) is 2.26. The van der Waals surface area contributed by atoms with Gasteiger partial charge >= 0.3 is 0 Å². The molecule has 19 heavy (non-hydrogen) atoms. The van der Waals surface area contributed by atoms with E-state index in [1.807, 2.05) is 16.9 Å². The number of hydrogen-bond acceptors (Lipinski definition) is 3. The smallest absolute Gasteiger partial charge is 0.178 e. The van der Waals surface area contributed by atoms with Crippen LogP contribution in [0.25, 0.3) is 0 Å². The molecular weight excluding hydrogens is 256 g/mol. The topological polar surface area (TPSA) is 34.9 Å². The van der Waals surface area contributed by atoms with Gasteiger partial charge in [0.1, 0.15) is 0 Å². The molecule has 0 bridgehead atoms. The molecule has 2 aromatic heterocycles. The lowest BCUT2D eigenvalue weighted by molar-refractivity contribution is 0.0995. The first-order valence-electron chi connectivity index (χ1n) is 6.82. The maximum atomic E-state index is 12.3. The van der Waals surface area contributed by atoms with Gasteiger partial charge in [0.25, 0.3) is 0 Å². The molecule has 3 rings (SSSR count). The molecule has 0 spiro atoms. The van der Waals surface area contributed by atoms with Crippen molar-refractivity contribution in [3.8, 4) is 0 Å². The SMILES string of the molecule is CC(C)n1ccc(CC(=O)c2cc3c(s2)CCC3)n1. The van der Waals surface area contributed by atoms with E-state index in [2.05, 4.69) is 25.0 Å². The van der Waals surface area contributed by atoms with Gasteiger partial charge in [0.05, 0.1) is 17.0 Å². The van der Waals surface area contributed by atoms with Crippen molar-refractivity contribution in [1.82, 2.24) is 9.78 Å². The van der Waals surface area contributed by atoms with E-state index in [9.17, 15) is 4.79 Å². The molecular formula is C15H18N2OS. The molecule has 0 saturated carbocycles. The van der Waals surface area contributed by atoms with E-state index in [0.717, 1.165) is 23.4 Å². The van der Waals surface area contributed by atoms with Crippen LogP contribution in [0.15, 0.2) is 18.3 Å². The second kappa shape index (κ2) is 4.93. The maximum absolute atomic E-state index is 12.3. The van der Waals surface area contributed by atoms with Crippen LogP contribution in [0.5, 0.6) is 0 Å². The molecule has 0 radical (unpaired) electrons. The van der Waals surface area contributed by atoms with Gasteiger partial charge in [-0.25, -0.2) is 0 Å². The summed E-state index contributed by atoms with van der Waals surface area (Å²) in [5, 5.41) is 4.44. The summed E-state index contributed by atoms with van der Waals surface area (Å²) in [7, 11) is 0. The van der Waals surface area contributed by atoms with Crippen LogP contribution in [0.3, 0.4) is 0 Å². The number of nitrogens with zero attached hydrogens (tertiary/aromatic N) is 2. The fourth-order valence-electron chi connectivity index (χ4n) is 2.48. The van der Waals surface area contributed by atoms with E-state index in [0.29, 0.717) is 12.5 Å². The molecule has 0 atom stereocenters. The summed E-state index contributed by atoms with van der Waals surface area (Å²) in [4.78, 5) is 14.6. The van der Waals surface area contributed by atoms with Gasteiger partial charge in [-0.3, -0.25) is 9.48 Å². The third-order valence-corrected chi connectivity index (χ3v) is 4.83. The number of carbonyl (C=O) groups excluding carboxylic acids is 1. The highest BCUT2D eigenvalue weighted by Gasteiger charge is 2.19. The van der Waals surface area contributed by atoms with Crippen LogP contribution in [0, 0.1) is 0 Å². The Labute approximate surface area is 117 Å². The molecule has 0 aliphatic heterocycles. The van der Waals surface area contributed by atoms with Crippen molar-refractivity contribution in [2.24, 2.45) is 0 Å². The molecule has 4 heteroatoms. The second-order valence-corrected chi connectivity index (χ2v) is 6.53. The number of rotatable bonds is 4. The van der Waals surface area contributed by atoms with Gasteiger partial charge < -0.3 is 0 Å². The van der Waals surface area contributed by atoms with Crippen molar-refractivity contribution >= 4 is 17.1 Å². The van der Waals surface area contributed by atoms with Crippen LogP contribution in [-0.2, 0) is 19.3 Å². The third kappa shape index (κ3) is 2.50. The number of hydrogen-bond donors (Lipinski definition) is 0. The first-order chi connectivity index (χ1) is 9.13. The van der Waals surface area contributed by atoms with Crippen molar-refractivity contribution < 1.29 is 4.79 Å². The van der Waals surface area contributed by atoms with E-state index in [-0.39, 0.29) is 5.78 Å². The fourth-order valence-corrected chi connectivity index (χ4v) is 3.67. The first-order valence-corrected chi connectivity index (χ1v) is 7.64. The molecule has 0 unspecified atom stereocenters. The van der Waals surface area contributed by atoms with Gasteiger partial charge in [-0.15, -0.1) is 11.3 Å². The van der Waals surface area contributed by atoms with Gasteiger partial charge in [-0.05, 0) is 50.8 Å². The van der Waals surface area contributed by atoms with Crippen LogP contribution < -0.4 is 0 Å². The van der Waals surface area contributed by atoms with Crippen molar-refractivity contribution in [2.45, 2.75) is 45.6 Å². The number of ketones is 1. The molecule has 0 fully saturated rings. The van der Waals surface area contributed by atoms with Gasteiger partial charge in [-0.1, -0.05) is 0 Å². The molecule has 2 heterocycles. The number of aryl methyl sites for hydroxylation is 2. The molecule has 0 aromatic carbocycles.